The van der Waals surface area contributed by atoms with E-state index in [1.54, 1.807) is 0 Å². The Morgan fingerprint density at radius 3 is 2.17 bits per heavy atom. The van der Waals surface area contributed by atoms with E-state index >= 15 is 0 Å². The van der Waals surface area contributed by atoms with Gasteiger partial charge in [0.15, 0.2) is 0 Å². The van der Waals surface area contributed by atoms with Crippen LogP contribution in [0.5, 0.6) is 0 Å². The second-order valence-corrected chi connectivity index (χ2v) is 4.83. The molecule has 2 rings (SSSR count). The Morgan fingerprint density at radius 1 is 0.944 bits per heavy atom. The van der Waals surface area contributed by atoms with Gasteiger partial charge >= 0.3 is 0 Å². The molecule has 0 radical (unpaired) electrons. The highest BCUT2D eigenvalue weighted by Gasteiger charge is 2.03. The van der Waals surface area contributed by atoms with Gasteiger partial charge in [-0.15, -0.1) is 0 Å². The van der Waals surface area contributed by atoms with E-state index in [9.17, 15) is 0 Å². The average molecular weight is 261 g/mol. The summed E-state index contributed by atoms with van der Waals surface area (Å²) >= 11 is 6.02. The Morgan fingerprint density at radius 2 is 1.56 bits per heavy atom. The van der Waals surface area contributed by atoms with E-state index in [0.717, 1.165) is 24.1 Å². The van der Waals surface area contributed by atoms with Gasteiger partial charge in [-0.05, 0) is 47.7 Å². The van der Waals surface area contributed by atoms with Crippen LogP contribution < -0.4 is 11.5 Å². The fraction of sp³-hybridized carbons (Fsp3) is 0.200. The SMILES string of the molecule is CCc1cc(Cc2ccc(N)c(Cl)c2)ccc1N. The molecule has 0 unspecified atom stereocenters. The molecule has 4 N–H and O–H groups in total. The molecule has 0 spiro atoms. The number of rotatable bonds is 3. The van der Waals surface area contributed by atoms with Crippen LogP contribution >= 0.6 is 11.6 Å². The fourth-order valence-electron chi connectivity index (χ4n) is 1.99. The maximum Gasteiger partial charge on any atom is 0.0638 e. The third kappa shape index (κ3) is 2.77. The number of nitrogens with two attached hydrogens (primary N) is 2. The van der Waals surface area contributed by atoms with Crippen LogP contribution in [-0.4, -0.2) is 0 Å². The minimum absolute atomic E-state index is 0.610. The first kappa shape index (κ1) is 12.8. The molecule has 0 bridgehead atoms. The van der Waals surface area contributed by atoms with Crippen LogP contribution in [0.4, 0.5) is 11.4 Å². The van der Waals surface area contributed by atoms with Crippen molar-refractivity contribution in [1.29, 1.82) is 0 Å². The molecule has 0 aliphatic rings. The van der Waals surface area contributed by atoms with E-state index in [2.05, 4.69) is 19.1 Å². The van der Waals surface area contributed by atoms with Crippen molar-refractivity contribution in [1.82, 2.24) is 0 Å². The predicted octanol–water partition coefficient (Wildman–Crippen LogP) is 3.66. The van der Waals surface area contributed by atoms with Crippen molar-refractivity contribution >= 4 is 23.0 Å². The molecule has 2 nitrogen and oxygen atoms in total. The zero-order chi connectivity index (χ0) is 13.1. The average Bonchev–Trinajstić information content (AvgIpc) is 2.36. The molecular formula is C15H17ClN2. The third-order valence-corrected chi connectivity index (χ3v) is 3.39. The van der Waals surface area contributed by atoms with Crippen molar-refractivity contribution in [3.63, 3.8) is 0 Å². The first-order valence-corrected chi connectivity index (χ1v) is 6.39. The summed E-state index contributed by atoms with van der Waals surface area (Å²) in [7, 11) is 0. The summed E-state index contributed by atoms with van der Waals surface area (Å²) in [5.41, 5.74) is 16.7. The summed E-state index contributed by atoms with van der Waals surface area (Å²) in [5, 5.41) is 0.610. The van der Waals surface area contributed by atoms with Crippen molar-refractivity contribution in [2.45, 2.75) is 19.8 Å². The quantitative estimate of drug-likeness (QED) is 0.828. The van der Waals surface area contributed by atoms with Crippen molar-refractivity contribution < 1.29 is 0 Å². The number of anilines is 2. The topological polar surface area (TPSA) is 52.0 Å². The Labute approximate surface area is 113 Å². The first-order chi connectivity index (χ1) is 8.60. The van der Waals surface area contributed by atoms with Crippen LogP contribution in [0, 0.1) is 0 Å². The normalized spacial score (nSPS) is 10.6. The summed E-state index contributed by atoms with van der Waals surface area (Å²) in [6.07, 6.45) is 1.79. The van der Waals surface area contributed by atoms with Crippen LogP contribution in [0.3, 0.4) is 0 Å². The lowest BCUT2D eigenvalue weighted by Crippen LogP contribution is -1.96. The van der Waals surface area contributed by atoms with Gasteiger partial charge in [-0.1, -0.05) is 36.7 Å². The maximum absolute atomic E-state index is 6.02. The van der Waals surface area contributed by atoms with Gasteiger partial charge < -0.3 is 11.5 Å². The zero-order valence-corrected chi connectivity index (χ0v) is 11.2. The van der Waals surface area contributed by atoms with Gasteiger partial charge in [0.05, 0.1) is 10.7 Å². The molecule has 0 amide bonds. The van der Waals surface area contributed by atoms with E-state index in [0.29, 0.717) is 10.7 Å². The second-order valence-electron chi connectivity index (χ2n) is 4.42. The van der Waals surface area contributed by atoms with Gasteiger partial charge in [0, 0.05) is 5.69 Å². The summed E-state index contributed by atoms with van der Waals surface area (Å²) < 4.78 is 0. The van der Waals surface area contributed by atoms with Crippen LogP contribution in [-0.2, 0) is 12.8 Å². The van der Waals surface area contributed by atoms with E-state index in [4.69, 9.17) is 23.1 Å². The molecule has 0 aromatic heterocycles. The van der Waals surface area contributed by atoms with E-state index in [1.807, 2.05) is 24.3 Å². The lowest BCUT2D eigenvalue weighted by Gasteiger charge is -2.08. The van der Waals surface area contributed by atoms with Gasteiger partial charge in [0.25, 0.3) is 0 Å². The number of hydrogen-bond acceptors (Lipinski definition) is 2. The third-order valence-electron chi connectivity index (χ3n) is 3.06. The summed E-state index contributed by atoms with van der Waals surface area (Å²) in [6.45, 7) is 2.11. The number of hydrogen-bond donors (Lipinski definition) is 2. The Kier molecular flexibility index (Phi) is 3.78. The Balaban J connectivity index is 2.25. The molecule has 3 heteroatoms. The van der Waals surface area contributed by atoms with Gasteiger partial charge in [-0.3, -0.25) is 0 Å². The van der Waals surface area contributed by atoms with Crippen LogP contribution in [0.2, 0.25) is 5.02 Å². The van der Waals surface area contributed by atoms with E-state index in [1.165, 1.54) is 11.1 Å². The predicted molar refractivity (Wildman–Crippen MR) is 78.9 cm³/mol. The smallest absolute Gasteiger partial charge is 0.0638 e. The molecular weight excluding hydrogens is 244 g/mol. The Bertz CT molecular complexity index is 564. The molecule has 0 saturated carbocycles. The number of nitrogen functional groups attached to an aromatic ring is 2. The highest BCUT2D eigenvalue weighted by atomic mass is 35.5. The Hall–Kier alpha value is -1.67. The summed E-state index contributed by atoms with van der Waals surface area (Å²) in [6, 6.07) is 11.9. The molecule has 0 heterocycles. The summed E-state index contributed by atoms with van der Waals surface area (Å²) in [5.74, 6) is 0. The maximum atomic E-state index is 6.02. The van der Waals surface area contributed by atoms with Gasteiger partial charge in [0.1, 0.15) is 0 Å². The molecule has 2 aromatic rings. The van der Waals surface area contributed by atoms with E-state index in [-0.39, 0.29) is 0 Å². The highest BCUT2D eigenvalue weighted by Crippen LogP contribution is 2.22. The van der Waals surface area contributed by atoms with Crippen LogP contribution in [0.25, 0.3) is 0 Å². The van der Waals surface area contributed by atoms with Gasteiger partial charge in [-0.25, -0.2) is 0 Å². The van der Waals surface area contributed by atoms with Crippen LogP contribution in [0.1, 0.15) is 23.6 Å². The monoisotopic (exact) mass is 260 g/mol. The molecule has 2 aromatic carbocycles. The molecule has 0 saturated heterocycles. The molecule has 0 fully saturated rings. The largest absolute Gasteiger partial charge is 0.399 e. The van der Waals surface area contributed by atoms with Crippen molar-refractivity contribution in [3.8, 4) is 0 Å². The van der Waals surface area contributed by atoms with Gasteiger partial charge in [-0.2, -0.15) is 0 Å². The highest BCUT2D eigenvalue weighted by molar-refractivity contribution is 6.33. The number of benzene rings is 2. The van der Waals surface area contributed by atoms with E-state index < -0.39 is 0 Å². The fourth-order valence-corrected chi connectivity index (χ4v) is 2.19. The first-order valence-electron chi connectivity index (χ1n) is 6.01. The summed E-state index contributed by atoms with van der Waals surface area (Å²) in [4.78, 5) is 0. The molecule has 0 aliphatic heterocycles. The molecule has 0 aliphatic carbocycles. The second kappa shape index (κ2) is 5.32. The lowest BCUT2D eigenvalue weighted by molar-refractivity contribution is 1.11. The zero-order valence-electron chi connectivity index (χ0n) is 10.4. The molecule has 94 valence electrons. The van der Waals surface area contributed by atoms with Crippen molar-refractivity contribution in [2.24, 2.45) is 0 Å². The van der Waals surface area contributed by atoms with Crippen molar-refractivity contribution in [3.05, 3.63) is 58.1 Å². The standard InChI is InChI=1S/C15H17ClN2/c1-2-12-8-10(3-5-14(12)17)7-11-4-6-15(18)13(16)9-11/h3-6,8-9H,2,7,17-18H2,1H3. The number of aryl methyl sites for hydroxylation is 1. The number of halogens is 1. The minimum Gasteiger partial charge on any atom is -0.399 e. The minimum atomic E-state index is 0.610. The molecule has 0 atom stereocenters. The van der Waals surface area contributed by atoms with Crippen LogP contribution in [0.15, 0.2) is 36.4 Å². The lowest BCUT2D eigenvalue weighted by atomic mass is 10.0. The molecule has 18 heavy (non-hydrogen) atoms. The van der Waals surface area contributed by atoms with Crippen molar-refractivity contribution in [2.75, 3.05) is 11.5 Å². The van der Waals surface area contributed by atoms with Gasteiger partial charge in [0.2, 0.25) is 0 Å².